The van der Waals surface area contributed by atoms with Crippen LogP contribution in [0.25, 0.3) is 11.0 Å². The number of ether oxygens (including phenoxy) is 1. The van der Waals surface area contributed by atoms with Gasteiger partial charge >= 0.3 is 6.03 Å². The fourth-order valence-electron chi connectivity index (χ4n) is 4.41. The Bertz CT molecular complexity index is 1290. The number of aromatic nitrogens is 4. The molecule has 0 aromatic carbocycles. The van der Waals surface area contributed by atoms with Crippen LogP contribution in [0.2, 0.25) is 0 Å². The van der Waals surface area contributed by atoms with Gasteiger partial charge in [-0.05, 0) is 24.5 Å². The van der Waals surface area contributed by atoms with Crippen molar-refractivity contribution in [1.82, 2.24) is 24.4 Å². The third-order valence-corrected chi connectivity index (χ3v) is 6.37. The van der Waals surface area contributed by atoms with E-state index in [1.165, 1.54) is 10.9 Å². The molecule has 0 saturated carbocycles. The Morgan fingerprint density at radius 2 is 2.14 bits per heavy atom. The number of anilines is 2. The molecule has 0 aliphatic carbocycles. The highest BCUT2D eigenvalue weighted by Crippen LogP contribution is 2.30. The van der Waals surface area contributed by atoms with Crippen LogP contribution in [0.1, 0.15) is 19.8 Å². The van der Waals surface area contributed by atoms with Gasteiger partial charge in [-0.1, -0.05) is 6.92 Å². The predicted molar refractivity (Wildman–Crippen MR) is 141 cm³/mol. The number of hydrogen-bond acceptors (Lipinski definition) is 9. The third-order valence-electron chi connectivity index (χ3n) is 6.37. The molecule has 2 atom stereocenters. The van der Waals surface area contributed by atoms with E-state index in [1.807, 2.05) is 18.0 Å². The first kappa shape index (κ1) is 27.6. The summed E-state index contributed by atoms with van der Waals surface area (Å²) in [6.07, 6.45) is 5.31. The maximum absolute atomic E-state index is 13.1. The van der Waals surface area contributed by atoms with Crippen molar-refractivity contribution in [3.05, 3.63) is 36.9 Å². The van der Waals surface area contributed by atoms with Crippen molar-refractivity contribution < 1.29 is 14.3 Å². The molecule has 3 N–H and O–H groups in total. The number of nitrogens with one attached hydrogen (secondary N) is 1. The minimum atomic E-state index is -0.396. The van der Waals surface area contributed by atoms with Crippen LogP contribution in [0.5, 0.6) is 5.88 Å². The van der Waals surface area contributed by atoms with Crippen LogP contribution in [0.4, 0.5) is 16.3 Å². The van der Waals surface area contributed by atoms with E-state index in [2.05, 4.69) is 27.2 Å². The molecule has 13 heteroatoms. The highest BCUT2D eigenvalue weighted by atomic mass is 35.5. The number of carbonyl (C=O) groups excluding carboxylic acids is 2. The lowest BCUT2D eigenvalue weighted by Crippen LogP contribution is -2.52. The number of likely N-dealkylation sites (N-methyl/N-ethyl adjacent to an activating group) is 1. The van der Waals surface area contributed by atoms with Crippen LogP contribution in [0, 0.1) is 17.2 Å². The number of rotatable bonds is 7. The predicted octanol–water partition coefficient (Wildman–Crippen LogP) is 2.25. The van der Waals surface area contributed by atoms with Crippen molar-refractivity contribution in [2.45, 2.75) is 25.8 Å². The standard InChI is InChI=1S/C24H29N9O3.ClH/c1-16-5-10-32(21(34)3-7-25)14-19(16)31(2)22-18-6-11-33(23(18)29-15-28-22)24(35)30-17-4-9-27-20(13-17)36-12-8-26;/h4,6,9,11,13,15-16,19H,3,5,8,10,12,14,26H2,1-2H3,(H,27,30,35);1H/t16-,19+;/m1./s1. The molecule has 1 aliphatic rings. The second-order valence-corrected chi connectivity index (χ2v) is 8.69. The third kappa shape index (κ3) is 6.07. The molecule has 0 radical (unpaired) electrons. The maximum Gasteiger partial charge on any atom is 0.331 e. The van der Waals surface area contributed by atoms with E-state index >= 15 is 0 Å². The Hall–Kier alpha value is -3.95. The summed E-state index contributed by atoms with van der Waals surface area (Å²) in [6, 6.07) is 6.63. The Labute approximate surface area is 220 Å². The zero-order valence-corrected chi connectivity index (χ0v) is 21.5. The number of nitriles is 1. The maximum atomic E-state index is 13.1. The molecule has 4 rings (SSSR count). The average Bonchev–Trinajstić information content (AvgIpc) is 3.32. The molecule has 2 amide bonds. The van der Waals surface area contributed by atoms with E-state index in [4.69, 9.17) is 15.7 Å². The number of pyridine rings is 1. The highest BCUT2D eigenvalue weighted by molar-refractivity contribution is 6.00. The van der Waals surface area contributed by atoms with Gasteiger partial charge in [0.05, 0.1) is 17.5 Å². The first-order valence-corrected chi connectivity index (χ1v) is 11.7. The summed E-state index contributed by atoms with van der Waals surface area (Å²) >= 11 is 0. The van der Waals surface area contributed by atoms with Gasteiger partial charge < -0.3 is 25.6 Å². The van der Waals surface area contributed by atoms with E-state index in [0.717, 1.165) is 6.42 Å². The second kappa shape index (κ2) is 12.3. The first-order chi connectivity index (χ1) is 17.4. The molecule has 37 heavy (non-hydrogen) atoms. The number of nitrogens with two attached hydrogens (primary N) is 1. The van der Waals surface area contributed by atoms with E-state index < -0.39 is 6.03 Å². The van der Waals surface area contributed by atoms with E-state index in [9.17, 15) is 9.59 Å². The molecule has 4 heterocycles. The summed E-state index contributed by atoms with van der Waals surface area (Å²) < 4.78 is 6.84. The Morgan fingerprint density at radius 1 is 1.32 bits per heavy atom. The quantitative estimate of drug-likeness (QED) is 0.470. The number of likely N-dealkylation sites (tertiary alicyclic amines) is 1. The molecular formula is C24H30ClN9O3. The number of piperidine rings is 1. The summed E-state index contributed by atoms with van der Waals surface area (Å²) in [7, 11) is 1.93. The summed E-state index contributed by atoms with van der Waals surface area (Å²) in [4.78, 5) is 42.1. The second-order valence-electron chi connectivity index (χ2n) is 8.69. The molecule has 12 nitrogen and oxygen atoms in total. The van der Waals surface area contributed by atoms with Crippen LogP contribution in [0.15, 0.2) is 36.9 Å². The molecular weight excluding hydrogens is 498 g/mol. The first-order valence-electron chi connectivity index (χ1n) is 11.7. The molecule has 3 aromatic heterocycles. The van der Waals surface area contributed by atoms with Crippen LogP contribution < -0.4 is 20.7 Å². The Kier molecular flexibility index (Phi) is 9.21. The molecule has 1 saturated heterocycles. The van der Waals surface area contributed by atoms with Gasteiger partial charge in [-0.25, -0.2) is 19.7 Å². The fourth-order valence-corrected chi connectivity index (χ4v) is 4.41. The van der Waals surface area contributed by atoms with Crippen molar-refractivity contribution in [3.63, 3.8) is 0 Å². The number of carbonyl (C=O) groups is 2. The number of nitrogens with zero attached hydrogens (tertiary/aromatic N) is 7. The van der Waals surface area contributed by atoms with Crippen molar-refractivity contribution >= 4 is 46.9 Å². The van der Waals surface area contributed by atoms with Gasteiger partial charge in [-0.2, -0.15) is 5.26 Å². The summed E-state index contributed by atoms with van der Waals surface area (Å²) in [5.41, 5.74) is 6.44. The fraction of sp³-hybridized carbons (Fsp3) is 0.417. The van der Waals surface area contributed by atoms with Crippen LogP contribution in [-0.2, 0) is 4.79 Å². The Morgan fingerprint density at radius 3 is 2.89 bits per heavy atom. The average molecular weight is 528 g/mol. The number of fused-ring (bicyclic) bond motifs is 1. The Balaban J connectivity index is 0.00000380. The lowest BCUT2D eigenvalue weighted by atomic mass is 9.92. The molecule has 3 aromatic rings. The van der Waals surface area contributed by atoms with Gasteiger partial charge in [0.15, 0.2) is 5.65 Å². The number of halogens is 1. The zero-order valence-electron chi connectivity index (χ0n) is 20.7. The minimum Gasteiger partial charge on any atom is -0.476 e. The van der Waals surface area contributed by atoms with Gasteiger partial charge in [-0.15, -0.1) is 12.4 Å². The molecule has 0 spiro atoms. The SMILES string of the molecule is C[C@@H]1CCN(C(=O)CC#N)C[C@@H]1N(C)c1ncnc2c1ccn2C(=O)Nc1ccnc(OCCN)c1.Cl. The van der Waals surface area contributed by atoms with E-state index in [1.54, 1.807) is 35.5 Å². The summed E-state index contributed by atoms with van der Waals surface area (Å²) in [5, 5.41) is 12.4. The van der Waals surface area contributed by atoms with Crippen molar-refractivity contribution in [2.24, 2.45) is 11.7 Å². The van der Waals surface area contributed by atoms with Gasteiger partial charge in [0.1, 0.15) is 25.2 Å². The molecule has 0 bridgehead atoms. The molecule has 1 aliphatic heterocycles. The van der Waals surface area contributed by atoms with Gasteiger partial charge in [0.25, 0.3) is 0 Å². The highest BCUT2D eigenvalue weighted by Gasteiger charge is 2.32. The van der Waals surface area contributed by atoms with Gasteiger partial charge in [0.2, 0.25) is 11.8 Å². The van der Waals surface area contributed by atoms with Gasteiger partial charge in [0, 0.05) is 50.8 Å². The van der Waals surface area contributed by atoms with Crippen molar-refractivity contribution in [1.29, 1.82) is 5.26 Å². The topological polar surface area (TPSA) is 155 Å². The molecule has 196 valence electrons. The molecule has 1 fully saturated rings. The minimum absolute atomic E-state index is 0. The van der Waals surface area contributed by atoms with E-state index in [-0.39, 0.29) is 30.8 Å². The van der Waals surface area contributed by atoms with Gasteiger partial charge in [-0.3, -0.25) is 9.36 Å². The normalized spacial score (nSPS) is 17.0. The van der Waals surface area contributed by atoms with Crippen LogP contribution in [-0.4, -0.2) is 75.7 Å². The van der Waals surface area contributed by atoms with Crippen LogP contribution >= 0.6 is 12.4 Å². The van der Waals surface area contributed by atoms with E-state index in [0.29, 0.717) is 60.6 Å². The number of amides is 2. The van der Waals surface area contributed by atoms with Crippen molar-refractivity contribution in [2.75, 3.05) is 43.5 Å². The zero-order chi connectivity index (χ0) is 25.7. The van der Waals surface area contributed by atoms with Crippen LogP contribution in [0.3, 0.4) is 0 Å². The largest absolute Gasteiger partial charge is 0.476 e. The lowest BCUT2D eigenvalue weighted by Gasteiger charge is -2.42. The molecule has 0 unspecified atom stereocenters. The monoisotopic (exact) mass is 527 g/mol. The lowest BCUT2D eigenvalue weighted by molar-refractivity contribution is -0.131. The summed E-state index contributed by atoms with van der Waals surface area (Å²) in [5.74, 6) is 1.18. The summed E-state index contributed by atoms with van der Waals surface area (Å²) in [6.45, 7) is 3.96. The van der Waals surface area contributed by atoms with Crippen molar-refractivity contribution in [3.8, 4) is 11.9 Å². The smallest absolute Gasteiger partial charge is 0.331 e. The number of hydrogen-bond donors (Lipinski definition) is 2.